The number of aromatic nitrogens is 2. The molecule has 0 fully saturated rings. The number of benzene rings is 2. The van der Waals surface area contributed by atoms with E-state index in [2.05, 4.69) is 31.1 Å². The second-order valence-corrected chi connectivity index (χ2v) is 8.91. The van der Waals surface area contributed by atoms with Gasteiger partial charge in [-0.1, -0.05) is 38.8 Å². The van der Waals surface area contributed by atoms with Gasteiger partial charge in [-0.3, -0.25) is 0 Å². The number of H-pyrrole nitrogens is 2. The molecule has 0 aliphatic heterocycles. The Hall–Kier alpha value is -2.49. The Morgan fingerprint density at radius 1 is 1.09 bits per heavy atom. The average Bonchev–Trinajstić information content (AvgIpc) is 3.27. The van der Waals surface area contributed by atoms with Gasteiger partial charge >= 0.3 is 6.18 Å². The minimum Gasteiger partial charge on any atom is -0.394 e. The molecule has 5 nitrogen and oxygen atoms in total. The molecule has 0 aliphatic rings. The van der Waals surface area contributed by atoms with Crippen molar-refractivity contribution in [3.05, 3.63) is 57.5 Å². The van der Waals surface area contributed by atoms with Crippen molar-refractivity contribution in [2.75, 3.05) is 27.2 Å². The van der Waals surface area contributed by atoms with Gasteiger partial charge in [0.1, 0.15) is 6.61 Å². The van der Waals surface area contributed by atoms with Gasteiger partial charge < -0.3 is 19.7 Å². The van der Waals surface area contributed by atoms with Crippen molar-refractivity contribution in [3.63, 3.8) is 0 Å². The number of alkyl halides is 3. The molecule has 0 saturated carbocycles. The molecule has 0 radical (unpaired) electrons. The van der Waals surface area contributed by atoms with Crippen LogP contribution in [0.1, 0.15) is 5.56 Å². The van der Waals surface area contributed by atoms with Crippen LogP contribution in [0.3, 0.4) is 0 Å². The summed E-state index contributed by atoms with van der Waals surface area (Å²) in [6.45, 7) is 0.464. The van der Waals surface area contributed by atoms with Crippen LogP contribution in [0.25, 0.3) is 33.2 Å². The normalized spacial score (nSPS) is 12.9. The third-order valence-corrected chi connectivity index (χ3v) is 5.63. The number of hydrogen-bond acceptors (Lipinski definition) is 3. The van der Waals surface area contributed by atoms with Crippen LogP contribution in [-0.4, -0.2) is 54.0 Å². The van der Waals surface area contributed by atoms with E-state index >= 15 is 0 Å². The van der Waals surface area contributed by atoms with Crippen LogP contribution >= 0.6 is 27.5 Å². The Balaban J connectivity index is 1.91. The molecule has 0 aliphatic carbocycles. The molecule has 0 spiro atoms. The Bertz CT molecular complexity index is 1310. The van der Waals surface area contributed by atoms with Crippen molar-refractivity contribution < 1.29 is 18.0 Å². The van der Waals surface area contributed by atoms with Gasteiger partial charge in [-0.25, -0.2) is 0 Å². The van der Waals surface area contributed by atoms with Gasteiger partial charge in [0.2, 0.25) is 0 Å². The highest BCUT2D eigenvalue weighted by Crippen LogP contribution is 2.37. The number of oxime groups is 1. The first kappa shape index (κ1) is 22.7. The maximum absolute atomic E-state index is 14.2. The van der Waals surface area contributed by atoms with E-state index in [0.717, 1.165) is 15.4 Å². The first-order valence-electron chi connectivity index (χ1n) is 9.65. The van der Waals surface area contributed by atoms with Crippen LogP contribution < -0.4 is 0 Å². The van der Waals surface area contributed by atoms with Crippen LogP contribution in [0.4, 0.5) is 13.2 Å². The lowest BCUT2D eigenvalue weighted by atomic mass is 10.0. The topological polar surface area (TPSA) is 56.4 Å². The zero-order chi connectivity index (χ0) is 23.0. The summed E-state index contributed by atoms with van der Waals surface area (Å²) < 4.78 is 43.2. The highest BCUT2D eigenvalue weighted by molar-refractivity contribution is 9.10. The molecule has 32 heavy (non-hydrogen) atoms. The monoisotopic (exact) mass is 526 g/mol. The molecule has 2 aromatic heterocycles. The summed E-state index contributed by atoms with van der Waals surface area (Å²) in [5, 5.41) is 5.24. The van der Waals surface area contributed by atoms with E-state index in [9.17, 15) is 13.2 Å². The SMILES string of the molecule is CN(C)CCON=C(c1c(-c2cc3cc(Cl)ccc3[nH]2)[nH]c2cc(Br)ccc12)C(F)(F)F. The molecule has 4 rings (SSSR count). The molecule has 0 amide bonds. The molecule has 10 heteroatoms. The highest BCUT2D eigenvalue weighted by atomic mass is 79.9. The van der Waals surface area contributed by atoms with Crippen molar-refractivity contribution in [2.24, 2.45) is 5.16 Å². The molecule has 2 aromatic carbocycles. The predicted octanol–water partition coefficient (Wildman–Crippen LogP) is 6.58. The van der Waals surface area contributed by atoms with Crippen LogP contribution in [0.5, 0.6) is 0 Å². The second-order valence-electron chi connectivity index (χ2n) is 7.55. The summed E-state index contributed by atoms with van der Waals surface area (Å²) in [4.78, 5) is 13.2. The summed E-state index contributed by atoms with van der Waals surface area (Å²) in [7, 11) is 3.60. The van der Waals surface area contributed by atoms with Gasteiger partial charge in [-0.15, -0.1) is 0 Å². The van der Waals surface area contributed by atoms with Crippen molar-refractivity contribution in [1.82, 2.24) is 14.9 Å². The molecule has 0 atom stereocenters. The van der Waals surface area contributed by atoms with E-state index in [1.54, 1.807) is 61.5 Å². The number of hydrogen-bond donors (Lipinski definition) is 2. The van der Waals surface area contributed by atoms with E-state index in [1.165, 1.54) is 0 Å². The summed E-state index contributed by atoms with van der Waals surface area (Å²) in [5.74, 6) is 0. The van der Waals surface area contributed by atoms with Gasteiger partial charge in [-0.05, 0) is 50.5 Å². The third kappa shape index (κ3) is 4.65. The largest absolute Gasteiger partial charge is 0.437 e. The van der Waals surface area contributed by atoms with Crippen molar-refractivity contribution in [2.45, 2.75) is 6.18 Å². The zero-order valence-corrected chi connectivity index (χ0v) is 19.5. The van der Waals surface area contributed by atoms with Crippen LogP contribution in [0, 0.1) is 0 Å². The first-order valence-corrected chi connectivity index (χ1v) is 10.8. The lowest BCUT2D eigenvalue weighted by Crippen LogP contribution is -2.25. The maximum atomic E-state index is 14.2. The number of halogens is 5. The number of nitrogens with one attached hydrogen (secondary N) is 2. The standard InChI is InChI=1S/C22H19BrClF3N4O/c1-31(2)7-8-32-30-21(22(25,26)27)19-15-5-3-13(23)11-17(15)29-20(19)18-10-12-9-14(24)4-6-16(12)28-18/h3-6,9-11,28-29H,7-8H2,1-2H3. The average molecular weight is 528 g/mol. The van der Waals surface area contributed by atoms with Gasteiger partial charge in [-0.2, -0.15) is 13.2 Å². The molecule has 4 aromatic rings. The molecular weight excluding hydrogens is 509 g/mol. The van der Waals surface area contributed by atoms with E-state index in [0.29, 0.717) is 28.2 Å². The Labute approximate surface area is 195 Å². The Morgan fingerprint density at radius 2 is 1.88 bits per heavy atom. The Kier molecular flexibility index (Phi) is 6.24. The molecule has 2 heterocycles. The summed E-state index contributed by atoms with van der Waals surface area (Å²) in [6.07, 6.45) is -4.73. The summed E-state index contributed by atoms with van der Waals surface area (Å²) in [6, 6.07) is 12.0. The summed E-state index contributed by atoms with van der Waals surface area (Å²) in [5.41, 5.74) is 0.848. The van der Waals surface area contributed by atoms with Crippen LogP contribution in [0.2, 0.25) is 5.02 Å². The number of nitrogens with zero attached hydrogens (tertiary/aromatic N) is 2. The zero-order valence-electron chi connectivity index (χ0n) is 17.1. The smallest absolute Gasteiger partial charge is 0.394 e. The fourth-order valence-electron chi connectivity index (χ4n) is 3.43. The first-order chi connectivity index (χ1) is 15.1. The molecule has 2 N–H and O–H groups in total. The molecule has 0 unspecified atom stereocenters. The van der Waals surface area contributed by atoms with E-state index in [4.69, 9.17) is 16.4 Å². The highest BCUT2D eigenvalue weighted by Gasteiger charge is 2.41. The van der Waals surface area contributed by atoms with Gasteiger partial charge in [0.25, 0.3) is 0 Å². The molecule has 168 valence electrons. The number of fused-ring (bicyclic) bond motifs is 2. The number of aromatic amines is 2. The number of rotatable bonds is 6. The maximum Gasteiger partial charge on any atom is 0.437 e. The van der Waals surface area contributed by atoms with Crippen LogP contribution in [0.15, 0.2) is 52.1 Å². The number of likely N-dealkylation sites (N-methyl/N-ethyl adjacent to an activating group) is 1. The third-order valence-electron chi connectivity index (χ3n) is 4.90. The fourth-order valence-corrected chi connectivity index (χ4v) is 3.97. The molecule has 0 saturated heterocycles. The van der Waals surface area contributed by atoms with Gasteiger partial charge in [0.15, 0.2) is 5.71 Å². The second kappa shape index (κ2) is 8.80. The Morgan fingerprint density at radius 3 is 2.59 bits per heavy atom. The lowest BCUT2D eigenvalue weighted by molar-refractivity contribution is -0.0615. The van der Waals surface area contributed by atoms with Crippen LogP contribution in [-0.2, 0) is 4.84 Å². The van der Waals surface area contributed by atoms with Crippen molar-refractivity contribution >= 4 is 55.0 Å². The predicted molar refractivity (Wildman–Crippen MR) is 125 cm³/mol. The summed E-state index contributed by atoms with van der Waals surface area (Å²) >= 11 is 9.45. The minimum atomic E-state index is -4.73. The van der Waals surface area contributed by atoms with Gasteiger partial charge in [0.05, 0.1) is 11.4 Å². The fraction of sp³-hybridized carbons (Fsp3) is 0.227. The van der Waals surface area contributed by atoms with E-state index < -0.39 is 11.9 Å². The minimum absolute atomic E-state index is 0.0285. The van der Waals surface area contributed by atoms with E-state index in [1.807, 2.05) is 0 Å². The van der Waals surface area contributed by atoms with Crippen molar-refractivity contribution in [3.8, 4) is 11.4 Å². The molecular formula is C22H19BrClF3N4O. The quantitative estimate of drug-likeness (QED) is 0.169. The van der Waals surface area contributed by atoms with E-state index in [-0.39, 0.29) is 17.9 Å². The lowest BCUT2D eigenvalue weighted by Gasteiger charge is -2.13. The van der Waals surface area contributed by atoms with Crippen molar-refractivity contribution in [1.29, 1.82) is 0 Å². The van der Waals surface area contributed by atoms with Gasteiger partial charge in [0, 0.05) is 43.4 Å². The molecule has 0 bridgehead atoms.